The van der Waals surface area contributed by atoms with Crippen LogP contribution in [0.15, 0.2) is 0 Å². The Morgan fingerprint density at radius 1 is 1.50 bits per heavy atom. The van der Waals surface area contributed by atoms with E-state index in [1.807, 2.05) is 6.92 Å². The van der Waals surface area contributed by atoms with Crippen molar-refractivity contribution in [1.82, 2.24) is 15.0 Å². The highest BCUT2D eigenvalue weighted by molar-refractivity contribution is 4.92. The van der Waals surface area contributed by atoms with E-state index in [9.17, 15) is 0 Å². The van der Waals surface area contributed by atoms with Crippen LogP contribution in [-0.2, 0) is 0 Å². The Morgan fingerprint density at radius 3 is 2.90 bits per heavy atom. The van der Waals surface area contributed by atoms with Gasteiger partial charge in [0.1, 0.15) is 5.82 Å². The van der Waals surface area contributed by atoms with Gasteiger partial charge >= 0.3 is 6.01 Å². The van der Waals surface area contributed by atoms with E-state index in [0.29, 0.717) is 18.4 Å². The maximum Gasteiger partial charge on any atom is 0.320 e. The summed E-state index contributed by atoms with van der Waals surface area (Å²) < 4.78 is 4.99. The van der Waals surface area contributed by atoms with E-state index in [1.165, 1.54) is 0 Å². The summed E-state index contributed by atoms with van der Waals surface area (Å²) in [7, 11) is 0. The van der Waals surface area contributed by atoms with Gasteiger partial charge in [-0.2, -0.15) is 9.97 Å². The average molecular weight is 138 g/mol. The highest BCUT2D eigenvalue weighted by Crippen LogP contribution is 1.97. The number of rotatable bonds is 2. The fraction of sp³-hybridized carbons (Fsp3) is 0.500. The lowest BCUT2D eigenvalue weighted by atomic mass is 10.7. The van der Waals surface area contributed by atoms with Gasteiger partial charge in [-0.05, 0) is 13.8 Å². The first-order valence-electron chi connectivity index (χ1n) is 3.04. The fourth-order valence-corrected chi connectivity index (χ4v) is 0.522. The quantitative estimate of drug-likeness (QED) is 0.592. The maximum absolute atomic E-state index is 4.99. The number of aryl methyl sites for hydroxylation is 1. The van der Waals surface area contributed by atoms with Crippen LogP contribution in [0.4, 0.5) is 0 Å². The van der Waals surface area contributed by atoms with Gasteiger partial charge in [0.15, 0.2) is 0 Å². The first kappa shape index (κ1) is 6.92. The van der Waals surface area contributed by atoms with Crippen LogP contribution >= 0.6 is 0 Å². The Bertz CT molecular complexity index is 214. The van der Waals surface area contributed by atoms with Crippen LogP contribution in [0.2, 0.25) is 0 Å². The van der Waals surface area contributed by atoms with Gasteiger partial charge in [0, 0.05) is 0 Å². The average Bonchev–Trinajstić information content (AvgIpc) is 1.88. The summed E-state index contributed by atoms with van der Waals surface area (Å²) in [5.41, 5.74) is 0. The summed E-state index contributed by atoms with van der Waals surface area (Å²) in [4.78, 5) is 11.2. The zero-order valence-electron chi connectivity index (χ0n) is 5.96. The summed E-state index contributed by atoms with van der Waals surface area (Å²) in [6.07, 6.45) is 2.43. The van der Waals surface area contributed by atoms with Crippen molar-refractivity contribution in [2.75, 3.05) is 6.61 Å². The molecule has 4 heteroatoms. The lowest BCUT2D eigenvalue weighted by molar-refractivity contribution is 0.310. The number of nitrogens with zero attached hydrogens (tertiary/aromatic N) is 3. The number of aromatic nitrogens is 3. The maximum atomic E-state index is 4.99. The second-order valence-corrected chi connectivity index (χ2v) is 1.70. The molecule has 1 heterocycles. The van der Waals surface area contributed by atoms with E-state index in [4.69, 9.17) is 4.74 Å². The van der Waals surface area contributed by atoms with Gasteiger partial charge in [0.25, 0.3) is 0 Å². The molecule has 1 rings (SSSR count). The molecule has 0 aliphatic rings. The van der Waals surface area contributed by atoms with Crippen molar-refractivity contribution in [3.63, 3.8) is 0 Å². The van der Waals surface area contributed by atoms with E-state index in [-0.39, 0.29) is 0 Å². The van der Waals surface area contributed by atoms with Gasteiger partial charge in [-0.3, -0.25) is 0 Å². The van der Waals surface area contributed by atoms with E-state index in [2.05, 4.69) is 21.3 Å². The van der Waals surface area contributed by atoms with E-state index in [1.54, 1.807) is 6.92 Å². The van der Waals surface area contributed by atoms with Crippen LogP contribution in [0.3, 0.4) is 0 Å². The molecule has 0 spiro atoms. The fourth-order valence-electron chi connectivity index (χ4n) is 0.522. The van der Waals surface area contributed by atoms with Crippen molar-refractivity contribution < 1.29 is 4.74 Å². The van der Waals surface area contributed by atoms with Crippen LogP contribution in [-0.4, -0.2) is 21.6 Å². The van der Waals surface area contributed by atoms with Crippen molar-refractivity contribution in [1.29, 1.82) is 0 Å². The third-order valence-corrected chi connectivity index (χ3v) is 0.888. The molecule has 1 radical (unpaired) electrons. The summed E-state index contributed by atoms with van der Waals surface area (Å²) >= 11 is 0. The van der Waals surface area contributed by atoms with E-state index in [0.717, 1.165) is 0 Å². The Hall–Kier alpha value is -1.19. The monoisotopic (exact) mass is 138 g/mol. The van der Waals surface area contributed by atoms with E-state index >= 15 is 0 Å². The SMILES string of the molecule is CCOc1n[c]nc(C)n1. The molecule has 0 fully saturated rings. The molecule has 4 nitrogen and oxygen atoms in total. The molecule has 0 saturated heterocycles. The third kappa shape index (κ3) is 1.65. The summed E-state index contributed by atoms with van der Waals surface area (Å²) in [5.74, 6) is 0.624. The van der Waals surface area contributed by atoms with Gasteiger partial charge in [-0.25, -0.2) is 4.98 Å². The molecular weight excluding hydrogens is 130 g/mol. The normalized spacial score (nSPS) is 9.40. The van der Waals surface area contributed by atoms with Crippen molar-refractivity contribution in [2.45, 2.75) is 13.8 Å². The van der Waals surface area contributed by atoms with Crippen LogP contribution in [0, 0.1) is 13.3 Å². The standard InChI is InChI=1S/C6H8N3O/c1-3-10-6-8-4-7-5(2)9-6/h3H2,1-2H3. The Morgan fingerprint density at radius 2 is 2.30 bits per heavy atom. The molecule has 0 aliphatic carbocycles. The molecule has 10 heavy (non-hydrogen) atoms. The highest BCUT2D eigenvalue weighted by Gasteiger charge is 1.94. The molecule has 0 aliphatic heterocycles. The molecule has 53 valence electrons. The minimum Gasteiger partial charge on any atom is -0.464 e. The molecule has 0 amide bonds. The van der Waals surface area contributed by atoms with Gasteiger partial charge in [-0.15, -0.1) is 0 Å². The predicted molar refractivity (Wildman–Crippen MR) is 34.6 cm³/mol. The van der Waals surface area contributed by atoms with Crippen LogP contribution < -0.4 is 4.74 Å². The smallest absolute Gasteiger partial charge is 0.320 e. The van der Waals surface area contributed by atoms with Gasteiger partial charge in [0.2, 0.25) is 6.33 Å². The second-order valence-electron chi connectivity index (χ2n) is 1.70. The zero-order chi connectivity index (χ0) is 7.40. The van der Waals surface area contributed by atoms with Crippen LogP contribution in [0.25, 0.3) is 0 Å². The van der Waals surface area contributed by atoms with Gasteiger partial charge in [-0.1, -0.05) is 0 Å². The molecule has 0 atom stereocenters. The molecule has 1 aromatic heterocycles. The van der Waals surface area contributed by atoms with Gasteiger partial charge in [0.05, 0.1) is 6.61 Å². The third-order valence-electron chi connectivity index (χ3n) is 0.888. The molecular formula is C6H8N3O. The molecule has 0 saturated carbocycles. The minimum absolute atomic E-state index is 0.343. The van der Waals surface area contributed by atoms with Crippen molar-refractivity contribution in [3.8, 4) is 6.01 Å². The first-order chi connectivity index (χ1) is 4.83. The summed E-state index contributed by atoms with van der Waals surface area (Å²) in [5, 5.41) is 0. The highest BCUT2D eigenvalue weighted by atomic mass is 16.5. The largest absolute Gasteiger partial charge is 0.464 e. The molecule has 1 aromatic rings. The van der Waals surface area contributed by atoms with Crippen molar-refractivity contribution >= 4 is 0 Å². The lowest BCUT2D eigenvalue weighted by Crippen LogP contribution is -1.99. The van der Waals surface area contributed by atoms with Crippen LogP contribution in [0.1, 0.15) is 12.7 Å². The Balaban J connectivity index is 2.75. The molecule has 0 unspecified atom stereocenters. The van der Waals surface area contributed by atoms with E-state index < -0.39 is 0 Å². The molecule has 0 aromatic carbocycles. The number of hydrogen-bond donors (Lipinski definition) is 0. The molecule has 0 N–H and O–H groups in total. The number of hydrogen-bond acceptors (Lipinski definition) is 4. The zero-order valence-corrected chi connectivity index (χ0v) is 5.96. The van der Waals surface area contributed by atoms with Gasteiger partial charge < -0.3 is 4.74 Å². The van der Waals surface area contributed by atoms with Crippen LogP contribution in [0.5, 0.6) is 6.01 Å². The Kier molecular flexibility index (Phi) is 2.15. The second kappa shape index (κ2) is 3.10. The Labute approximate surface area is 59.3 Å². The summed E-state index contributed by atoms with van der Waals surface area (Å²) in [6.45, 7) is 4.21. The number of ether oxygens (including phenoxy) is 1. The minimum atomic E-state index is 0.343. The molecule has 0 bridgehead atoms. The predicted octanol–water partition coefficient (Wildman–Crippen LogP) is 0.379. The van der Waals surface area contributed by atoms with Crippen molar-refractivity contribution in [2.24, 2.45) is 0 Å². The topological polar surface area (TPSA) is 47.9 Å². The summed E-state index contributed by atoms with van der Waals surface area (Å²) in [6, 6.07) is 0.343. The van der Waals surface area contributed by atoms with Crippen molar-refractivity contribution in [3.05, 3.63) is 12.2 Å². The first-order valence-corrected chi connectivity index (χ1v) is 3.04. The lowest BCUT2D eigenvalue weighted by Gasteiger charge is -1.97.